The molecule has 2 aliphatic heterocycles. The molecule has 3 N–H and O–H groups in total. The van der Waals surface area contributed by atoms with Crippen LogP contribution in [0.1, 0.15) is 55.4 Å². The van der Waals surface area contributed by atoms with Gasteiger partial charge in [0.1, 0.15) is 5.69 Å². The van der Waals surface area contributed by atoms with E-state index >= 15 is 0 Å². The highest BCUT2D eigenvalue weighted by molar-refractivity contribution is 6.03. The van der Waals surface area contributed by atoms with Crippen molar-refractivity contribution in [1.29, 1.82) is 0 Å². The zero-order chi connectivity index (χ0) is 22.5. The first-order chi connectivity index (χ1) is 16.3. The number of piperidine rings is 1. The maximum atomic E-state index is 13.0. The van der Waals surface area contributed by atoms with E-state index in [1.165, 1.54) is 50.8 Å². The molecular weight excluding hydrogens is 408 g/mol. The topological polar surface area (TPSA) is 60.2 Å². The van der Waals surface area contributed by atoms with Gasteiger partial charge in [0, 0.05) is 36.1 Å². The lowest BCUT2D eigenvalue weighted by molar-refractivity contribution is 0.0905. The van der Waals surface area contributed by atoms with Crippen LogP contribution in [0.2, 0.25) is 0 Å². The van der Waals surface area contributed by atoms with Crippen LogP contribution in [0.25, 0.3) is 22.0 Å². The third kappa shape index (κ3) is 5.48. The monoisotopic (exact) mass is 444 g/mol. The number of nitrogens with one attached hydrogen (secondary N) is 3. The molecule has 5 nitrogen and oxygen atoms in total. The Labute approximate surface area is 196 Å². The van der Waals surface area contributed by atoms with Crippen molar-refractivity contribution < 1.29 is 4.79 Å². The Morgan fingerprint density at radius 3 is 2.67 bits per heavy atom. The van der Waals surface area contributed by atoms with Gasteiger partial charge in [-0.15, -0.1) is 0 Å². The molecule has 1 aromatic heterocycles. The SMILES string of the molecule is O=C(NC1CCN(CCC2CCCCCN2)CC1)c1cc2c(-c3ccccc3)cccc2[nH]1. The highest BCUT2D eigenvalue weighted by Crippen LogP contribution is 2.29. The molecule has 3 aromatic rings. The van der Waals surface area contributed by atoms with Crippen LogP contribution in [0, 0.1) is 0 Å². The number of H-pyrrole nitrogens is 1. The molecule has 5 rings (SSSR count). The third-order valence-electron chi connectivity index (χ3n) is 7.37. The summed E-state index contributed by atoms with van der Waals surface area (Å²) in [4.78, 5) is 18.9. The number of amides is 1. The molecule has 1 atom stereocenters. The normalized spacial score (nSPS) is 20.5. The Hall–Kier alpha value is -2.63. The molecule has 5 heteroatoms. The van der Waals surface area contributed by atoms with E-state index in [1.54, 1.807) is 0 Å². The molecule has 0 aliphatic carbocycles. The summed E-state index contributed by atoms with van der Waals surface area (Å²) < 4.78 is 0. The molecular formula is C28H36N4O. The number of hydrogen-bond acceptors (Lipinski definition) is 3. The van der Waals surface area contributed by atoms with E-state index in [1.807, 2.05) is 36.4 Å². The van der Waals surface area contributed by atoms with Crippen LogP contribution in [0.5, 0.6) is 0 Å². The summed E-state index contributed by atoms with van der Waals surface area (Å²) in [7, 11) is 0. The predicted molar refractivity (Wildman–Crippen MR) is 136 cm³/mol. The molecule has 0 spiro atoms. The molecule has 3 heterocycles. The molecule has 2 aliphatic rings. The van der Waals surface area contributed by atoms with E-state index in [9.17, 15) is 4.79 Å². The lowest BCUT2D eigenvalue weighted by Gasteiger charge is -2.33. The first-order valence-electron chi connectivity index (χ1n) is 12.7. The van der Waals surface area contributed by atoms with Gasteiger partial charge >= 0.3 is 0 Å². The van der Waals surface area contributed by atoms with E-state index in [2.05, 4.69) is 38.7 Å². The quantitative estimate of drug-likeness (QED) is 0.504. The fourth-order valence-electron chi connectivity index (χ4n) is 5.40. The van der Waals surface area contributed by atoms with E-state index in [4.69, 9.17) is 0 Å². The van der Waals surface area contributed by atoms with Gasteiger partial charge in [-0.2, -0.15) is 0 Å². The second-order valence-electron chi connectivity index (χ2n) is 9.69. The van der Waals surface area contributed by atoms with Crippen molar-refractivity contribution in [2.45, 2.75) is 57.0 Å². The van der Waals surface area contributed by atoms with Gasteiger partial charge in [-0.3, -0.25) is 4.79 Å². The molecule has 174 valence electrons. The van der Waals surface area contributed by atoms with Crippen LogP contribution >= 0.6 is 0 Å². The molecule has 2 fully saturated rings. The zero-order valence-electron chi connectivity index (χ0n) is 19.5. The van der Waals surface area contributed by atoms with Crippen molar-refractivity contribution in [3.05, 3.63) is 60.3 Å². The minimum Gasteiger partial charge on any atom is -0.351 e. The highest BCUT2D eigenvalue weighted by atomic mass is 16.1. The average Bonchev–Trinajstić information content (AvgIpc) is 3.13. The standard InChI is InChI=1S/C28H36N4O/c33-28(27-20-25-24(11-7-12-26(25)31-27)21-8-3-1-4-9-21)30-23-14-18-32(19-15-23)17-13-22-10-5-2-6-16-29-22/h1,3-4,7-9,11-12,20,22-23,29,31H,2,5-6,10,13-19H2,(H,30,33). The summed E-state index contributed by atoms with van der Waals surface area (Å²) >= 11 is 0. The number of carbonyl (C=O) groups excluding carboxylic acids is 1. The Morgan fingerprint density at radius 2 is 1.82 bits per heavy atom. The van der Waals surface area contributed by atoms with Crippen molar-refractivity contribution in [3.63, 3.8) is 0 Å². The number of rotatable bonds is 6. The summed E-state index contributed by atoms with van der Waals surface area (Å²) in [6, 6.07) is 19.5. The largest absolute Gasteiger partial charge is 0.351 e. The number of aromatic nitrogens is 1. The number of benzene rings is 2. The summed E-state index contributed by atoms with van der Waals surface area (Å²) in [5.41, 5.74) is 3.97. The van der Waals surface area contributed by atoms with Crippen molar-refractivity contribution in [2.24, 2.45) is 0 Å². The fourth-order valence-corrected chi connectivity index (χ4v) is 5.40. The van der Waals surface area contributed by atoms with Crippen molar-refractivity contribution in [3.8, 4) is 11.1 Å². The highest BCUT2D eigenvalue weighted by Gasteiger charge is 2.23. The first kappa shape index (κ1) is 22.2. The minimum absolute atomic E-state index is 0.00585. The van der Waals surface area contributed by atoms with Gasteiger partial charge in [0.05, 0.1) is 0 Å². The fraction of sp³-hybridized carbons (Fsp3) is 0.464. The maximum Gasteiger partial charge on any atom is 0.267 e. The number of fused-ring (bicyclic) bond motifs is 1. The van der Waals surface area contributed by atoms with Crippen molar-refractivity contribution >= 4 is 16.8 Å². The molecule has 1 amide bonds. The van der Waals surface area contributed by atoms with Crippen LogP contribution in [0.15, 0.2) is 54.6 Å². The van der Waals surface area contributed by atoms with E-state index < -0.39 is 0 Å². The number of likely N-dealkylation sites (tertiary alicyclic amines) is 1. The number of hydrogen-bond donors (Lipinski definition) is 3. The van der Waals surface area contributed by atoms with Gasteiger partial charge in [0.25, 0.3) is 5.91 Å². The first-order valence-corrected chi connectivity index (χ1v) is 12.7. The maximum absolute atomic E-state index is 13.0. The molecule has 0 saturated carbocycles. The molecule has 0 radical (unpaired) electrons. The van der Waals surface area contributed by atoms with E-state index in [-0.39, 0.29) is 11.9 Å². The molecule has 0 bridgehead atoms. The minimum atomic E-state index is 0.00585. The second-order valence-corrected chi connectivity index (χ2v) is 9.69. The predicted octanol–water partition coefficient (Wildman–Crippen LogP) is 4.95. The van der Waals surface area contributed by atoms with Crippen LogP contribution in [-0.2, 0) is 0 Å². The lowest BCUT2D eigenvalue weighted by Crippen LogP contribution is -2.45. The average molecular weight is 445 g/mol. The summed E-state index contributed by atoms with van der Waals surface area (Å²) in [5.74, 6) is 0.00585. The van der Waals surface area contributed by atoms with Crippen LogP contribution < -0.4 is 10.6 Å². The lowest BCUT2D eigenvalue weighted by atomic mass is 10.0. The Bertz CT molecular complexity index is 1040. The van der Waals surface area contributed by atoms with Crippen molar-refractivity contribution in [2.75, 3.05) is 26.2 Å². The Balaban J connectivity index is 1.15. The van der Waals surface area contributed by atoms with Gasteiger partial charge in [-0.05, 0) is 68.5 Å². The van der Waals surface area contributed by atoms with Gasteiger partial charge in [0.15, 0.2) is 0 Å². The van der Waals surface area contributed by atoms with Crippen LogP contribution in [-0.4, -0.2) is 54.1 Å². The Morgan fingerprint density at radius 1 is 0.970 bits per heavy atom. The van der Waals surface area contributed by atoms with E-state index in [0.29, 0.717) is 11.7 Å². The summed E-state index contributed by atoms with van der Waals surface area (Å²) in [5, 5.41) is 8.09. The van der Waals surface area contributed by atoms with Gasteiger partial charge in [-0.1, -0.05) is 55.3 Å². The molecule has 1 unspecified atom stereocenters. The third-order valence-corrected chi connectivity index (χ3v) is 7.37. The number of aromatic amines is 1. The van der Waals surface area contributed by atoms with Gasteiger partial charge in [0.2, 0.25) is 0 Å². The number of carbonyl (C=O) groups is 1. The molecule has 2 aromatic carbocycles. The molecule has 33 heavy (non-hydrogen) atoms. The van der Waals surface area contributed by atoms with Gasteiger partial charge in [-0.25, -0.2) is 0 Å². The van der Waals surface area contributed by atoms with E-state index in [0.717, 1.165) is 42.4 Å². The smallest absolute Gasteiger partial charge is 0.267 e. The van der Waals surface area contributed by atoms with Crippen LogP contribution in [0.3, 0.4) is 0 Å². The van der Waals surface area contributed by atoms with Crippen LogP contribution in [0.4, 0.5) is 0 Å². The van der Waals surface area contributed by atoms with Gasteiger partial charge < -0.3 is 20.5 Å². The van der Waals surface area contributed by atoms with Crippen molar-refractivity contribution in [1.82, 2.24) is 20.5 Å². The molecule has 2 saturated heterocycles. The number of nitrogens with zero attached hydrogens (tertiary/aromatic N) is 1. The summed E-state index contributed by atoms with van der Waals surface area (Å²) in [6.45, 7) is 4.49. The summed E-state index contributed by atoms with van der Waals surface area (Å²) in [6.07, 6.45) is 8.69. The second kappa shape index (κ2) is 10.5. The zero-order valence-corrected chi connectivity index (χ0v) is 19.5. The Kier molecular flexibility index (Phi) is 7.08.